The van der Waals surface area contributed by atoms with Crippen LogP contribution in [0.5, 0.6) is 0 Å². The summed E-state index contributed by atoms with van der Waals surface area (Å²) in [5.41, 5.74) is 3.47. The lowest BCUT2D eigenvalue weighted by Crippen LogP contribution is -2.44. The third kappa shape index (κ3) is 4.44. The second kappa shape index (κ2) is 6.65. The molecule has 0 bridgehead atoms. The van der Waals surface area contributed by atoms with Crippen molar-refractivity contribution in [2.75, 3.05) is 0 Å². The summed E-state index contributed by atoms with van der Waals surface area (Å²) in [6, 6.07) is 7.85. The normalized spacial score (nSPS) is 13.1. The van der Waals surface area contributed by atoms with E-state index in [4.69, 9.17) is 0 Å². The first-order chi connectivity index (χ1) is 10.3. The maximum atomic E-state index is 12.1. The standard InChI is InChI=1S/C17H23N3OS/c1-11-15(19-14-9-7-6-8-13(14)18-11)10-22-12(2)16(21)20-17(3,4)5/h6-9,12H,10H2,1-5H3,(H,20,21). The molecule has 1 unspecified atom stereocenters. The topological polar surface area (TPSA) is 54.9 Å². The number of fused-ring (bicyclic) bond motifs is 1. The minimum atomic E-state index is -0.204. The minimum absolute atomic E-state index is 0.0592. The van der Waals surface area contributed by atoms with E-state index in [1.54, 1.807) is 11.8 Å². The van der Waals surface area contributed by atoms with Crippen LogP contribution in [0.25, 0.3) is 11.0 Å². The SMILES string of the molecule is Cc1nc2ccccc2nc1CSC(C)C(=O)NC(C)(C)C. The molecule has 2 rings (SSSR count). The fourth-order valence-corrected chi connectivity index (χ4v) is 2.90. The van der Waals surface area contributed by atoms with Crippen molar-refractivity contribution < 1.29 is 4.79 Å². The van der Waals surface area contributed by atoms with Gasteiger partial charge >= 0.3 is 0 Å². The number of hydrogen-bond acceptors (Lipinski definition) is 4. The summed E-state index contributed by atoms with van der Waals surface area (Å²) in [6.45, 7) is 9.86. The number of carbonyl (C=O) groups excluding carboxylic acids is 1. The van der Waals surface area contributed by atoms with E-state index in [0.29, 0.717) is 5.75 Å². The van der Waals surface area contributed by atoms with Crippen LogP contribution in [-0.2, 0) is 10.5 Å². The van der Waals surface area contributed by atoms with Crippen LogP contribution >= 0.6 is 11.8 Å². The van der Waals surface area contributed by atoms with Gasteiger partial charge in [-0.1, -0.05) is 12.1 Å². The van der Waals surface area contributed by atoms with E-state index < -0.39 is 0 Å². The number of rotatable bonds is 4. The maximum Gasteiger partial charge on any atom is 0.233 e. The molecular formula is C17H23N3OS. The average molecular weight is 317 g/mol. The van der Waals surface area contributed by atoms with Crippen molar-refractivity contribution in [1.82, 2.24) is 15.3 Å². The van der Waals surface area contributed by atoms with Crippen LogP contribution in [0.2, 0.25) is 0 Å². The third-order valence-electron chi connectivity index (χ3n) is 3.18. The fraction of sp³-hybridized carbons (Fsp3) is 0.471. The average Bonchev–Trinajstić information content (AvgIpc) is 2.42. The third-order valence-corrected chi connectivity index (χ3v) is 4.33. The summed E-state index contributed by atoms with van der Waals surface area (Å²) in [5.74, 6) is 0.742. The fourth-order valence-electron chi connectivity index (χ4n) is 2.01. The van der Waals surface area contributed by atoms with Gasteiger partial charge in [-0.3, -0.25) is 4.79 Å². The lowest BCUT2D eigenvalue weighted by Gasteiger charge is -2.23. The predicted molar refractivity (Wildman–Crippen MR) is 92.9 cm³/mol. The quantitative estimate of drug-likeness (QED) is 0.938. The summed E-state index contributed by atoms with van der Waals surface area (Å²) < 4.78 is 0. The number of benzene rings is 1. The van der Waals surface area contributed by atoms with Crippen LogP contribution in [-0.4, -0.2) is 26.7 Å². The number of amides is 1. The first kappa shape index (κ1) is 16.7. The number of nitrogens with zero attached hydrogens (tertiary/aromatic N) is 2. The monoisotopic (exact) mass is 317 g/mol. The molecule has 1 aromatic carbocycles. The maximum absolute atomic E-state index is 12.1. The van der Waals surface area contributed by atoms with Crippen molar-refractivity contribution >= 4 is 28.7 Å². The van der Waals surface area contributed by atoms with Gasteiger partial charge in [0.05, 0.1) is 27.7 Å². The van der Waals surface area contributed by atoms with Gasteiger partial charge in [-0.15, -0.1) is 11.8 Å². The zero-order valence-corrected chi connectivity index (χ0v) is 14.6. The van der Waals surface area contributed by atoms with Gasteiger partial charge < -0.3 is 5.32 Å². The Morgan fingerprint density at radius 2 is 1.82 bits per heavy atom. The number of aromatic nitrogens is 2. The molecule has 0 radical (unpaired) electrons. The van der Waals surface area contributed by atoms with Crippen molar-refractivity contribution in [2.45, 2.75) is 51.2 Å². The van der Waals surface area contributed by atoms with Crippen molar-refractivity contribution in [3.63, 3.8) is 0 Å². The molecule has 1 aromatic heterocycles. The van der Waals surface area contributed by atoms with Gasteiger partial charge in [0, 0.05) is 11.3 Å². The van der Waals surface area contributed by atoms with Gasteiger partial charge in [0.1, 0.15) is 0 Å². The van der Waals surface area contributed by atoms with Crippen LogP contribution in [0.4, 0.5) is 0 Å². The van der Waals surface area contributed by atoms with Crippen molar-refractivity contribution in [2.24, 2.45) is 0 Å². The highest BCUT2D eigenvalue weighted by Gasteiger charge is 2.20. The van der Waals surface area contributed by atoms with E-state index in [-0.39, 0.29) is 16.7 Å². The van der Waals surface area contributed by atoms with Crippen LogP contribution < -0.4 is 5.32 Å². The number of nitrogens with one attached hydrogen (secondary N) is 1. The summed E-state index contributed by atoms with van der Waals surface area (Å²) in [4.78, 5) is 21.4. The van der Waals surface area contributed by atoms with Gasteiger partial charge in [-0.2, -0.15) is 0 Å². The van der Waals surface area contributed by atoms with Gasteiger partial charge in [0.2, 0.25) is 5.91 Å². The highest BCUT2D eigenvalue weighted by atomic mass is 32.2. The van der Waals surface area contributed by atoms with Crippen molar-refractivity contribution in [3.05, 3.63) is 35.7 Å². The van der Waals surface area contributed by atoms with E-state index in [9.17, 15) is 4.79 Å². The molecule has 0 saturated heterocycles. The minimum Gasteiger partial charge on any atom is -0.351 e. The van der Waals surface area contributed by atoms with Gasteiger partial charge in [-0.25, -0.2) is 9.97 Å². The molecule has 0 saturated carbocycles. The van der Waals surface area contributed by atoms with Gasteiger partial charge in [0.15, 0.2) is 0 Å². The highest BCUT2D eigenvalue weighted by molar-refractivity contribution is 7.99. The van der Waals surface area contributed by atoms with Crippen LogP contribution in [0.3, 0.4) is 0 Å². The molecule has 5 heteroatoms. The first-order valence-electron chi connectivity index (χ1n) is 7.42. The molecule has 4 nitrogen and oxygen atoms in total. The number of aryl methyl sites for hydroxylation is 1. The molecule has 0 spiro atoms. The Kier molecular flexibility index (Phi) is 5.06. The number of thioether (sulfide) groups is 1. The molecule has 0 aliphatic rings. The molecule has 0 aliphatic heterocycles. The van der Waals surface area contributed by atoms with Crippen LogP contribution in [0.1, 0.15) is 39.1 Å². The Bertz CT molecular complexity index is 679. The van der Waals surface area contributed by atoms with E-state index in [0.717, 1.165) is 22.4 Å². The number of para-hydroxylation sites is 2. The van der Waals surface area contributed by atoms with Crippen molar-refractivity contribution in [1.29, 1.82) is 0 Å². The smallest absolute Gasteiger partial charge is 0.233 e. The Hall–Kier alpha value is -1.62. The zero-order chi connectivity index (χ0) is 16.3. The summed E-state index contributed by atoms with van der Waals surface area (Å²) >= 11 is 1.59. The summed E-state index contributed by atoms with van der Waals surface area (Å²) in [5, 5.41) is 2.88. The second-order valence-corrected chi connectivity index (χ2v) is 7.77. The summed E-state index contributed by atoms with van der Waals surface area (Å²) in [7, 11) is 0. The van der Waals surface area contributed by atoms with Crippen LogP contribution in [0.15, 0.2) is 24.3 Å². The summed E-state index contributed by atoms with van der Waals surface area (Å²) in [6.07, 6.45) is 0. The zero-order valence-electron chi connectivity index (χ0n) is 13.8. The van der Waals surface area contributed by atoms with E-state index in [2.05, 4.69) is 15.3 Å². The number of hydrogen-bond donors (Lipinski definition) is 1. The van der Waals surface area contributed by atoms with E-state index in [1.165, 1.54) is 0 Å². The van der Waals surface area contributed by atoms with Crippen molar-refractivity contribution in [3.8, 4) is 0 Å². The Morgan fingerprint density at radius 3 is 2.41 bits per heavy atom. The lowest BCUT2D eigenvalue weighted by molar-refractivity contribution is -0.121. The lowest BCUT2D eigenvalue weighted by atomic mass is 10.1. The van der Waals surface area contributed by atoms with Crippen LogP contribution in [0, 0.1) is 6.92 Å². The Morgan fingerprint density at radius 1 is 1.23 bits per heavy atom. The molecule has 0 aliphatic carbocycles. The molecule has 1 amide bonds. The molecule has 1 atom stereocenters. The van der Waals surface area contributed by atoms with Gasteiger partial charge in [0.25, 0.3) is 0 Å². The molecular weight excluding hydrogens is 294 g/mol. The molecule has 22 heavy (non-hydrogen) atoms. The molecule has 118 valence electrons. The molecule has 2 aromatic rings. The number of carbonyl (C=O) groups is 1. The second-order valence-electron chi connectivity index (χ2n) is 6.44. The van der Waals surface area contributed by atoms with E-state index >= 15 is 0 Å². The molecule has 1 heterocycles. The Labute approximate surface area is 136 Å². The van der Waals surface area contributed by atoms with Gasteiger partial charge in [-0.05, 0) is 46.8 Å². The molecule has 1 N–H and O–H groups in total. The largest absolute Gasteiger partial charge is 0.351 e. The first-order valence-corrected chi connectivity index (χ1v) is 8.47. The predicted octanol–water partition coefficient (Wildman–Crippen LogP) is 3.47. The van der Waals surface area contributed by atoms with E-state index in [1.807, 2.05) is 58.9 Å². The Balaban J connectivity index is 2.05. The highest BCUT2D eigenvalue weighted by Crippen LogP contribution is 2.21. The molecule has 0 fully saturated rings.